The number of hydrogen-bond acceptors (Lipinski definition) is 5. The van der Waals surface area contributed by atoms with E-state index in [4.69, 9.17) is 5.84 Å². The molecule has 1 saturated heterocycles. The van der Waals surface area contributed by atoms with Crippen LogP contribution in [0.1, 0.15) is 27.2 Å². The first-order valence-corrected chi connectivity index (χ1v) is 6.04. The van der Waals surface area contributed by atoms with E-state index >= 15 is 0 Å². The second-order valence-electron chi connectivity index (χ2n) is 5.70. The van der Waals surface area contributed by atoms with Crippen molar-refractivity contribution in [1.29, 1.82) is 0 Å². The first-order valence-electron chi connectivity index (χ1n) is 6.04. The van der Waals surface area contributed by atoms with Gasteiger partial charge in [-0.3, -0.25) is 0 Å². The first-order chi connectivity index (χ1) is 8.00. The summed E-state index contributed by atoms with van der Waals surface area (Å²) in [7, 11) is 0. The fourth-order valence-electron chi connectivity index (χ4n) is 2.27. The molecule has 2 heterocycles. The van der Waals surface area contributed by atoms with E-state index in [0.29, 0.717) is 17.2 Å². The fourth-order valence-corrected chi connectivity index (χ4v) is 2.27. The summed E-state index contributed by atoms with van der Waals surface area (Å²) in [5, 5.41) is 0. The van der Waals surface area contributed by atoms with E-state index in [-0.39, 0.29) is 0 Å². The number of nitrogens with zero attached hydrogens (tertiary/aromatic N) is 3. The predicted octanol–water partition coefficient (Wildman–Crippen LogP) is 1.63. The maximum atomic E-state index is 5.36. The SMILES string of the molecule is CC(C)(C)C1CCN(c2cc(NN)ncn2)C1. The van der Waals surface area contributed by atoms with Crippen LogP contribution in [0.15, 0.2) is 12.4 Å². The van der Waals surface area contributed by atoms with Crippen molar-refractivity contribution < 1.29 is 0 Å². The highest BCUT2D eigenvalue weighted by atomic mass is 15.3. The van der Waals surface area contributed by atoms with Crippen LogP contribution in [0, 0.1) is 11.3 Å². The molecule has 0 aliphatic carbocycles. The molecule has 1 atom stereocenters. The van der Waals surface area contributed by atoms with E-state index in [0.717, 1.165) is 18.9 Å². The van der Waals surface area contributed by atoms with Gasteiger partial charge < -0.3 is 10.3 Å². The summed E-state index contributed by atoms with van der Waals surface area (Å²) >= 11 is 0. The third-order valence-electron chi connectivity index (χ3n) is 3.54. The van der Waals surface area contributed by atoms with E-state index in [2.05, 4.69) is 41.1 Å². The number of nitrogen functional groups attached to an aromatic ring is 1. The van der Waals surface area contributed by atoms with Crippen LogP contribution in [0.5, 0.6) is 0 Å². The van der Waals surface area contributed by atoms with E-state index < -0.39 is 0 Å². The number of rotatable bonds is 2. The van der Waals surface area contributed by atoms with Gasteiger partial charge in [0.2, 0.25) is 0 Å². The van der Waals surface area contributed by atoms with Crippen LogP contribution < -0.4 is 16.2 Å². The van der Waals surface area contributed by atoms with Crippen molar-refractivity contribution in [2.45, 2.75) is 27.2 Å². The van der Waals surface area contributed by atoms with E-state index in [1.165, 1.54) is 6.42 Å². The molecule has 1 aromatic heterocycles. The number of aromatic nitrogens is 2. The Hall–Kier alpha value is -1.36. The molecule has 1 aliphatic heterocycles. The van der Waals surface area contributed by atoms with Crippen LogP contribution in [0.4, 0.5) is 11.6 Å². The molecule has 1 fully saturated rings. The largest absolute Gasteiger partial charge is 0.356 e. The minimum absolute atomic E-state index is 0.358. The van der Waals surface area contributed by atoms with Gasteiger partial charge in [-0.05, 0) is 17.8 Å². The maximum Gasteiger partial charge on any atom is 0.145 e. The van der Waals surface area contributed by atoms with Gasteiger partial charge in [-0.1, -0.05) is 20.8 Å². The van der Waals surface area contributed by atoms with Gasteiger partial charge in [-0.15, -0.1) is 0 Å². The summed E-state index contributed by atoms with van der Waals surface area (Å²) < 4.78 is 0. The topological polar surface area (TPSA) is 67.1 Å². The van der Waals surface area contributed by atoms with Gasteiger partial charge in [-0.2, -0.15) is 0 Å². The molecule has 5 heteroatoms. The number of nitrogens with two attached hydrogens (primary N) is 1. The first kappa shape index (κ1) is 12.1. The minimum atomic E-state index is 0.358. The molecule has 0 saturated carbocycles. The van der Waals surface area contributed by atoms with Crippen molar-refractivity contribution in [3.63, 3.8) is 0 Å². The molecule has 2 rings (SSSR count). The molecule has 0 bridgehead atoms. The Labute approximate surface area is 102 Å². The van der Waals surface area contributed by atoms with Crippen LogP contribution >= 0.6 is 0 Å². The Balaban J connectivity index is 2.09. The molecule has 1 unspecified atom stereocenters. The Morgan fingerprint density at radius 2 is 2.18 bits per heavy atom. The third kappa shape index (κ3) is 2.66. The van der Waals surface area contributed by atoms with Gasteiger partial charge in [0.25, 0.3) is 0 Å². The lowest BCUT2D eigenvalue weighted by atomic mass is 9.80. The smallest absolute Gasteiger partial charge is 0.145 e. The van der Waals surface area contributed by atoms with Crippen molar-refractivity contribution in [2.24, 2.45) is 17.2 Å². The summed E-state index contributed by atoms with van der Waals surface area (Å²) in [6.45, 7) is 9.02. The Morgan fingerprint density at radius 3 is 2.76 bits per heavy atom. The minimum Gasteiger partial charge on any atom is -0.356 e. The van der Waals surface area contributed by atoms with Crippen LogP contribution in [0.25, 0.3) is 0 Å². The molecule has 0 aromatic carbocycles. The lowest BCUT2D eigenvalue weighted by Crippen LogP contribution is -2.26. The van der Waals surface area contributed by atoms with E-state index in [1.54, 1.807) is 6.33 Å². The highest BCUT2D eigenvalue weighted by Gasteiger charge is 2.32. The average molecular weight is 235 g/mol. The van der Waals surface area contributed by atoms with Crippen LogP contribution in [0.3, 0.4) is 0 Å². The molecule has 5 nitrogen and oxygen atoms in total. The zero-order valence-corrected chi connectivity index (χ0v) is 10.8. The summed E-state index contributed by atoms with van der Waals surface area (Å²) in [5.74, 6) is 7.69. The highest BCUT2D eigenvalue weighted by molar-refractivity contribution is 5.48. The number of hydrazine groups is 1. The van der Waals surface area contributed by atoms with Gasteiger partial charge >= 0.3 is 0 Å². The highest BCUT2D eigenvalue weighted by Crippen LogP contribution is 2.35. The van der Waals surface area contributed by atoms with E-state index in [1.807, 2.05) is 6.07 Å². The van der Waals surface area contributed by atoms with Crippen LogP contribution in [-0.4, -0.2) is 23.1 Å². The monoisotopic (exact) mass is 235 g/mol. The number of hydrogen-bond donors (Lipinski definition) is 2. The summed E-state index contributed by atoms with van der Waals surface area (Å²) in [6, 6.07) is 1.89. The summed E-state index contributed by atoms with van der Waals surface area (Å²) in [6.07, 6.45) is 2.77. The maximum absolute atomic E-state index is 5.36. The standard InChI is InChI=1S/C12H21N5/c1-12(2,3)9-4-5-17(7-9)11-6-10(16-13)14-8-15-11/h6,8-9H,4-5,7,13H2,1-3H3,(H,14,15,16). The Morgan fingerprint density at radius 1 is 1.41 bits per heavy atom. The molecule has 0 amide bonds. The molecule has 94 valence electrons. The van der Waals surface area contributed by atoms with E-state index in [9.17, 15) is 0 Å². The van der Waals surface area contributed by atoms with Gasteiger partial charge in [0, 0.05) is 19.2 Å². The van der Waals surface area contributed by atoms with Crippen molar-refractivity contribution in [1.82, 2.24) is 9.97 Å². The zero-order valence-electron chi connectivity index (χ0n) is 10.8. The predicted molar refractivity (Wildman–Crippen MR) is 69.6 cm³/mol. The molecular weight excluding hydrogens is 214 g/mol. The lowest BCUT2D eigenvalue weighted by molar-refractivity contribution is 0.263. The van der Waals surface area contributed by atoms with Gasteiger partial charge in [0.1, 0.15) is 18.0 Å². The molecule has 1 aromatic rings. The average Bonchev–Trinajstić information content (AvgIpc) is 2.78. The van der Waals surface area contributed by atoms with Crippen molar-refractivity contribution >= 4 is 11.6 Å². The van der Waals surface area contributed by atoms with Crippen LogP contribution in [0.2, 0.25) is 0 Å². The second-order valence-corrected chi connectivity index (χ2v) is 5.70. The van der Waals surface area contributed by atoms with Gasteiger partial charge in [0.05, 0.1) is 0 Å². The van der Waals surface area contributed by atoms with Gasteiger partial charge in [-0.25, -0.2) is 15.8 Å². The van der Waals surface area contributed by atoms with Crippen molar-refractivity contribution in [2.75, 3.05) is 23.4 Å². The normalized spacial score (nSPS) is 20.7. The summed E-state index contributed by atoms with van der Waals surface area (Å²) in [4.78, 5) is 10.6. The quantitative estimate of drug-likeness (QED) is 0.602. The molecule has 0 radical (unpaired) electrons. The summed E-state index contributed by atoms with van der Waals surface area (Å²) in [5.41, 5.74) is 2.91. The Kier molecular flexibility index (Phi) is 3.19. The molecule has 1 aliphatic rings. The van der Waals surface area contributed by atoms with Crippen molar-refractivity contribution in [3.05, 3.63) is 12.4 Å². The molecule has 3 N–H and O–H groups in total. The molecule has 0 spiro atoms. The van der Waals surface area contributed by atoms with Gasteiger partial charge in [0.15, 0.2) is 0 Å². The zero-order chi connectivity index (χ0) is 12.5. The van der Waals surface area contributed by atoms with Crippen LogP contribution in [-0.2, 0) is 0 Å². The Bertz CT molecular complexity index is 385. The number of nitrogens with one attached hydrogen (secondary N) is 1. The fraction of sp³-hybridized carbons (Fsp3) is 0.667. The van der Waals surface area contributed by atoms with Crippen molar-refractivity contribution in [3.8, 4) is 0 Å². The number of anilines is 2. The lowest BCUT2D eigenvalue weighted by Gasteiger charge is -2.27. The third-order valence-corrected chi connectivity index (χ3v) is 3.54. The molecular formula is C12H21N5. The second kappa shape index (κ2) is 4.49. The molecule has 17 heavy (non-hydrogen) atoms.